The molecule has 2 aromatic rings. The second kappa shape index (κ2) is 4.53. The van der Waals surface area contributed by atoms with Crippen LogP contribution in [-0.4, -0.2) is 25.0 Å². The van der Waals surface area contributed by atoms with Crippen molar-refractivity contribution in [2.45, 2.75) is 45.8 Å². The van der Waals surface area contributed by atoms with Gasteiger partial charge in [0.1, 0.15) is 6.54 Å². The number of nitrogens with zero attached hydrogens (tertiary/aromatic N) is 4. The fourth-order valence-electron chi connectivity index (χ4n) is 1.45. The average molecular weight is 250 g/mol. The highest BCUT2D eigenvalue weighted by Crippen LogP contribution is 2.18. The Kier molecular flexibility index (Phi) is 3.21. The minimum absolute atomic E-state index is 0.128. The van der Waals surface area contributed by atoms with Gasteiger partial charge in [0, 0.05) is 11.6 Å². The Labute approximate surface area is 106 Å². The van der Waals surface area contributed by atoms with E-state index in [1.807, 2.05) is 20.8 Å². The SMILES string of the molecule is C[C@H](O)c1ccn(Cc2nc(C(C)(C)C)no2)n1. The predicted molar refractivity (Wildman–Crippen MR) is 65.0 cm³/mol. The van der Waals surface area contributed by atoms with Crippen LogP contribution in [0.5, 0.6) is 0 Å². The van der Waals surface area contributed by atoms with Crippen LogP contribution < -0.4 is 0 Å². The first kappa shape index (κ1) is 12.8. The number of aliphatic hydroxyl groups is 1. The summed E-state index contributed by atoms with van der Waals surface area (Å²) in [6.07, 6.45) is 1.21. The molecule has 0 fully saturated rings. The molecule has 0 bridgehead atoms. The van der Waals surface area contributed by atoms with E-state index in [4.69, 9.17) is 4.52 Å². The van der Waals surface area contributed by atoms with Gasteiger partial charge in [-0.05, 0) is 13.0 Å². The van der Waals surface area contributed by atoms with Gasteiger partial charge < -0.3 is 9.63 Å². The maximum atomic E-state index is 9.39. The normalized spacial score (nSPS) is 13.8. The Morgan fingerprint density at radius 2 is 2.17 bits per heavy atom. The molecule has 0 spiro atoms. The highest BCUT2D eigenvalue weighted by molar-refractivity contribution is 5.03. The molecule has 2 aromatic heterocycles. The molecule has 0 amide bonds. The lowest BCUT2D eigenvalue weighted by Gasteiger charge is -2.10. The zero-order valence-corrected chi connectivity index (χ0v) is 11.1. The van der Waals surface area contributed by atoms with E-state index < -0.39 is 6.10 Å². The van der Waals surface area contributed by atoms with E-state index in [9.17, 15) is 5.11 Å². The minimum atomic E-state index is -0.570. The van der Waals surface area contributed by atoms with E-state index in [0.717, 1.165) is 0 Å². The fourth-order valence-corrected chi connectivity index (χ4v) is 1.45. The van der Waals surface area contributed by atoms with Crippen LogP contribution in [0.25, 0.3) is 0 Å². The van der Waals surface area contributed by atoms with Crippen molar-refractivity contribution >= 4 is 0 Å². The first-order valence-corrected chi connectivity index (χ1v) is 5.91. The Bertz CT molecular complexity index is 522. The number of rotatable bonds is 3. The van der Waals surface area contributed by atoms with E-state index in [0.29, 0.717) is 24.0 Å². The van der Waals surface area contributed by atoms with Crippen molar-refractivity contribution in [3.05, 3.63) is 29.7 Å². The van der Waals surface area contributed by atoms with E-state index in [1.54, 1.807) is 23.9 Å². The molecule has 98 valence electrons. The first-order chi connectivity index (χ1) is 8.36. The van der Waals surface area contributed by atoms with Gasteiger partial charge in [-0.2, -0.15) is 10.1 Å². The van der Waals surface area contributed by atoms with E-state index in [1.165, 1.54) is 0 Å². The summed E-state index contributed by atoms with van der Waals surface area (Å²) in [6, 6.07) is 1.77. The van der Waals surface area contributed by atoms with Gasteiger partial charge in [-0.25, -0.2) is 0 Å². The van der Waals surface area contributed by atoms with Crippen LogP contribution in [0.15, 0.2) is 16.8 Å². The molecule has 1 atom stereocenters. The lowest BCUT2D eigenvalue weighted by atomic mass is 9.96. The molecule has 6 heteroatoms. The Morgan fingerprint density at radius 3 is 2.67 bits per heavy atom. The molecule has 0 unspecified atom stereocenters. The lowest BCUT2D eigenvalue weighted by Crippen LogP contribution is -2.13. The summed E-state index contributed by atoms with van der Waals surface area (Å²) in [6.45, 7) is 8.18. The molecule has 0 aliphatic carbocycles. The average Bonchev–Trinajstić information content (AvgIpc) is 2.85. The standard InChI is InChI=1S/C12H18N4O2/c1-8(17)9-5-6-16(14-9)7-10-13-11(15-18-10)12(2,3)4/h5-6,8,17H,7H2,1-4H3/t8-/m0/s1. The third kappa shape index (κ3) is 2.76. The van der Waals surface area contributed by atoms with Crippen molar-refractivity contribution in [1.29, 1.82) is 0 Å². The highest BCUT2D eigenvalue weighted by atomic mass is 16.5. The molecule has 0 saturated heterocycles. The maximum Gasteiger partial charge on any atom is 0.248 e. The molecular formula is C12H18N4O2. The molecule has 0 radical (unpaired) electrons. The van der Waals surface area contributed by atoms with Crippen molar-refractivity contribution in [3.63, 3.8) is 0 Å². The van der Waals surface area contributed by atoms with Gasteiger partial charge in [0.05, 0.1) is 11.8 Å². The van der Waals surface area contributed by atoms with E-state index in [2.05, 4.69) is 15.2 Å². The van der Waals surface area contributed by atoms with Gasteiger partial charge >= 0.3 is 0 Å². The van der Waals surface area contributed by atoms with Crippen molar-refractivity contribution in [2.75, 3.05) is 0 Å². The van der Waals surface area contributed by atoms with Crippen molar-refractivity contribution in [1.82, 2.24) is 19.9 Å². The molecule has 6 nitrogen and oxygen atoms in total. The third-order valence-electron chi connectivity index (χ3n) is 2.53. The van der Waals surface area contributed by atoms with Crippen LogP contribution in [0.2, 0.25) is 0 Å². The fraction of sp³-hybridized carbons (Fsp3) is 0.583. The van der Waals surface area contributed by atoms with Gasteiger partial charge in [0.2, 0.25) is 5.89 Å². The lowest BCUT2D eigenvalue weighted by molar-refractivity contribution is 0.193. The van der Waals surface area contributed by atoms with Gasteiger partial charge in [-0.1, -0.05) is 25.9 Å². The monoisotopic (exact) mass is 250 g/mol. The largest absolute Gasteiger partial charge is 0.387 e. The second-order valence-corrected chi connectivity index (χ2v) is 5.38. The molecule has 2 heterocycles. The summed E-state index contributed by atoms with van der Waals surface area (Å²) < 4.78 is 6.85. The topological polar surface area (TPSA) is 77.0 Å². The van der Waals surface area contributed by atoms with Crippen molar-refractivity contribution in [2.24, 2.45) is 0 Å². The minimum Gasteiger partial charge on any atom is -0.387 e. The maximum absolute atomic E-state index is 9.39. The summed E-state index contributed by atoms with van der Waals surface area (Å²) in [7, 11) is 0. The molecule has 18 heavy (non-hydrogen) atoms. The summed E-state index contributed by atoms with van der Waals surface area (Å²) >= 11 is 0. The summed E-state index contributed by atoms with van der Waals surface area (Å²) in [5.74, 6) is 1.19. The summed E-state index contributed by atoms with van der Waals surface area (Å²) in [5.41, 5.74) is 0.502. The zero-order valence-electron chi connectivity index (χ0n) is 11.1. The van der Waals surface area contributed by atoms with Gasteiger partial charge in [0.25, 0.3) is 0 Å². The van der Waals surface area contributed by atoms with Crippen LogP contribution in [0.4, 0.5) is 0 Å². The molecule has 2 rings (SSSR count). The number of hydrogen-bond acceptors (Lipinski definition) is 5. The van der Waals surface area contributed by atoms with Gasteiger partial charge in [-0.3, -0.25) is 4.68 Å². The Balaban J connectivity index is 2.11. The molecule has 0 aromatic carbocycles. The van der Waals surface area contributed by atoms with Crippen molar-refractivity contribution < 1.29 is 9.63 Å². The molecule has 1 N–H and O–H groups in total. The Morgan fingerprint density at radius 1 is 1.44 bits per heavy atom. The second-order valence-electron chi connectivity index (χ2n) is 5.38. The smallest absolute Gasteiger partial charge is 0.248 e. The van der Waals surface area contributed by atoms with Gasteiger partial charge in [-0.15, -0.1) is 0 Å². The van der Waals surface area contributed by atoms with Crippen LogP contribution >= 0.6 is 0 Å². The quantitative estimate of drug-likeness (QED) is 0.896. The molecular weight excluding hydrogens is 232 g/mol. The summed E-state index contributed by atoms with van der Waals surface area (Å²) in [5, 5.41) is 17.6. The van der Waals surface area contributed by atoms with E-state index in [-0.39, 0.29) is 5.41 Å². The number of aromatic nitrogens is 4. The molecule has 0 aliphatic rings. The van der Waals surface area contributed by atoms with Crippen LogP contribution in [0, 0.1) is 0 Å². The molecule has 0 aliphatic heterocycles. The van der Waals surface area contributed by atoms with E-state index >= 15 is 0 Å². The van der Waals surface area contributed by atoms with Crippen molar-refractivity contribution in [3.8, 4) is 0 Å². The first-order valence-electron chi connectivity index (χ1n) is 5.91. The highest BCUT2D eigenvalue weighted by Gasteiger charge is 2.21. The van der Waals surface area contributed by atoms with Gasteiger partial charge in [0.15, 0.2) is 5.82 Å². The number of aliphatic hydroxyl groups excluding tert-OH is 1. The number of hydrogen-bond donors (Lipinski definition) is 1. The van der Waals surface area contributed by atoms with Crippen LogP contribution in [-0.2, 0) is 12.0 Å². The van der Waals surface area contributed by atoms with Crippen LogP contribution in [0.3, 0.4) is 0 Å². The summed E-state index contributed by atoms with van der Waals surface area (Å²) in [4.78, 5) is 4.33. The Hall–Kier alpha value is -1.69. The predicted octanol–water partition coefficient (Wildman–Crippen LogP) is 1.67. The molecule has 0 saturated carbocycles. The zero-order chi connectivity index (χ0) is 13.3. The third-order valence-corrected chi connectivity index (χ3v) is 2.53. The van der Waals surface area contributed by atoms with Crippen LogP contribution in [0.1, 0.15) is 51.2 Å².